The van der Waals surface area contributed by atoms with E-state index in [4.69, 9.17) is 27.8 Å². The van der Waals surface area contributed by atoms with Crippen molar-refractivity contribution in [2.75, 3.05) is 5.73 Å². The molecule has 4 nitrogen and oxygen atoms in total. The summed E-state index contributed by atoms with van der Waals surface area (Å²) in [5, 5.41) is 0.699. The number of aryl methyl sites for hydroxylation is 2. The van der Waals surface area contributed by atoms with Crippen molar-refractivity contribution in [3.63, 3.8) is 0 Å². The van der Waals surface area contributed by atoms with Crippen molar-refractivity contribution >= 4 is 23.2 Å². The van der Waals surface area contributed by atoms with E-state index in [-0.39, 0.29) is 5.56 Å². The van der Waals surface area contributed by atoms with Gasteiger partial charge in [-0.05, 0) is 55.3 Å². The molecule has 1 amide bonds. The van der Waals surface area contributed by atoms with E-state index >= 15 is 0 Å². The average Bonchev–Trinajstić information content (AvgIpc) is 2.37. The van der Waals surface area contributed by atoms with Crippen molar-refractivity contribution in [2.45, 2.75) is 13.8 Å². The Bertz CT molecular complexity index is 661. The Balaban J connectivity index is 2.42. The highest BCUT2D eigenvalue weighted by Gasteiger charge is 2.12. The van der Waals surface area contributed by atoms with E-state index in [1.807, 2.05) is 13.8 Å². The predicted molar refractivity (Wildman–Crippen MR) is 80.4 cm³/mol. The maximum Gasteiger partial charge on any atom is 0.252 e. The monoisotopic (exact) mass is 290 g/mol. The van der Waals surface area contributed by atoms with E-state index in [1.165, 1.54) is 6.07 Å². The summed E-state index contributed by atoms with van der Waals surface area (Å²) in [7, 11) is 0. The van der Waals surface area contributed by atoms with Crippen molar-refractivity contribution in [2.24, 2.45) is 5.73 Å². The van der Waals surface area contributed by atoms with Crippen LogP contribution in [0.25, 0.3) is 0 Å². The molecule has 4 N–H and O–H groups in total. The molecule has 0 saturated carbocycles. The quantitative estimate of drug-likeness (QED) is 0.850. The highest BCUT2D eigenvalue weighted by atomic mass is 35.5. The molecule has 0 spiro atoms. The number of primary amides is 1. The minimum absolute atomic E-state index is 0.246. The smallest absolute Gasteiger partial charge is 0.252 e. The number of benzene rings is 2. The molecule has 0 aliphatic heterocycles. The average molecular weight is 291 g/mol. The number of nitrogen functional groups attached to an aromatic ring is 1. The first-order valence-electron chi connectivity index (χ1n) is 6.02. The minimum atomic E-state index is -0.588. The molecule has 0 aliphatic rings. The van der Waals surface area contributed by atoms with Gasteiger partial charge in [0.1, 0.15) is 11.5 Å². The molecule has 0 aromatic heterocycles. The molecule has 2 rings (SSSR count). The molecule has 5 heteroatoms. The van der Waals surface area contributed by atoms with Gasteiger partial charge in [-0.15, -0.1) is 0 Å². The number of nitrogens with two attached hydrogens (primary N) is 2. The molecule has 0 heterocycles. The minimum Gasteiger partial charge on any atom is -0.457 e. The fraction of sp³-hybridized carbons (Fsp3) is 0.133. The summed E-state index contributed by atoms with van der Waals surface area (Å²) in [5.41, 5.74) is 13.5. The lowest BCUT2D eigenvalue weighted by molar-refractivity contribution is 0.0998. The number of hydrogen-bond acceptors (Lipinski definition) is 3. The Labute approximate surface area is 122 Å². The summed E-state index contributed by atoms with van der Waals surface area (Å²) in [4.78, 5) is 11.4. The number of amides is 1. The molecule has 20 heavy (non-hydrogen) atoms. The first-order chi connectivity index (χ1) is 9.38. The van der Waals surface area contributed by atoms with Crippen LogP contribution in [-0.2, 0) is 0 Å². The molecule has 0 unspecified atom stereocenters. The van der Waals surface area contributed by atoms with Crippen LogP contribution in [0.15, 0.2) is 30.3 Å². The van der Waals surface area contributed by atoms with Gasteiger partial charge < -0.3 is 16.2 Å². The number of hydrogen-bond donors (Lipinski definition) is 2. The van der Waals surface area contributed by atoms with Gasteiger partial charge in [0.2, 0.25) is 0 Å². The summed E-state index contributed by atoms with van der Waals surface area (Å²) < 4.78 is 5.73. The molecule has 0 aliphatic carbocycles. The number of halogens is 1. The molecule has 0 fully saturated rings. The van der Waals surface area contributed by atoms with Crippen LogP contribution >= 0.6 is 11.6 Å². The lowest BCUT2D eigenvalue weighted by Crippen LogP contribution is -2.12. The van der Waals surface area contributed by atoms with Gasteiger partial charge in [0.05, 0.1) is 5.56 Å². The summed E-state index contributed by atoms with van der Waals surface area (Å²) in [6, 6.07) is 8.37. The Morgan fingerprint density at radius 3 is 2.30 bits per heavy atom. The second kappa shape index (κ2) is 5.43. The lowest BCUT2D eigenvalue weighted by atomic mass is 10.1. The third kappa shape index (κ3) is 2.86. The van der Waals surface area contributed by atoms with Gasteiger partial charge in [-0.2, -0.15) is 0 Å². The van der Waals surface area contributed by atoms with Crippen LogP contribution in [0.1, 0.15) is 21.5 Å². The number of ether oxygens (including phenoxy) is 1. The number of anilines is 1. The van der Waals surface area contributed by atoms with Crippen LogP contribution in [-0.4, -0.2) is 5.91 Å². The standard InChI is InChI=1S/C15H15ClN2O2/c1-8-5-11(6-9(2)14(8)16)20-13-4-3-10(17)7-12(13)15(18)19/h3-7H,17H2,1-2H3,(H2,18,19). The Morgan fingerprint density at radius 2 is 1.75 bits per heavy atom. The highest BCUT2D eigenvalue weighted by molar-refractivity contribution is 6.32. The van der Waals surface area contributed by atoms with E-state index in [9.17, 15) is 4.79 Å². The maximum absolute atomic E-state index is 11.4. The molecule has 0 saturated heterocycles. The molecular formula is C15H15ClN2O2. The van der Waals surface area contributed by atoms with Gasteiger partial charge in [0.25, 0.3) is 5.91 Å². The van der Waals surface area contributed by atoms with E-state index in [1.54, 1.807) is 24.3 Å². The van der Waals surface area contributed by atoms with Crippen molar-refractivity contribution in [3.8, 4) is 11.5 Å². The van der Waals surface area contributed by atoms with Crippen molar-refractivity contribution in [1.82, 2.24) is 0 Å². The zero-order chi connectivity index (χ0) is 14.9. The molecular weight excluding hydrogens is 276 g/mol. The van der Waals surface area contributed by atoms with Gasteiger partial charge in [-0.1, -0.05) is 11.6 Å². The predicted octanol–water partition coefficient (Wildman–Crippen LogP) is 3.43. The van der Waals surface area contributed by atoms with Crippen LogP contribution < -0.4 is 16.2 Å². The van der Waals surface area contributed by atoms with Crippen LogP contribution in [0, 0.1) is 13.8 Å². The highest BCUT2D eigenvalue weighted by Crippen LogP contribution is 2.31. The Hall–Kier alpha value is -2.20. The molecule has 0 atom stereocenters. The van der Waals surface area contributed by atoms with Gasteiger partial charge >= 0.3 is 0 Å². The summed E-state index contributed by atoms with van der Waals surface area (Å²) in [6.07, 6.45) is 0. The lowest BCUT2D eigenvalue weighted by Gasteiger charge is -2.12. The number of carbonyl (C=O) groups excluding carboxylic acids is 1. The van der Waals surface area contributed by atoms with Gasteiger partial charge in [-0.3, -0.25) is 4.79 Å². The van der Waals surface area contributed by atoms with Gasteiger partial charge in [-0.25, -0.2) is 0 Å². The summed E-state index contributed by atoms with van der Waals surface area (Å²) in [6.45, 7) is 3.78. The van der Waals surface area contributed by atoms with Crippen molar-refractivity contribution < 1.29 is 9.53 Å². The second-order valence-electron chi connectivity index (χ2n) is 4.59. The fourth-order valence-corrected chi connectivity index (χ4v) is 2.03. The SMILES string of the molecule is Cc1cc(Oc2ccc(N)cc2C(N)=O)cc(C)c1Cl. The normalized spacial score (nSPS) is 10.3. The molecule has 0 radical (unpaired) electrons. The van der Waals surface area contributed by atoms with Crippen molar-refractivity contribution in [1.29, 1.82) is 0 Å². The molecule has 2 aromatic carbocycles. The Kier molecular flexibility index (Phi) is 3.86. The van der Waals surface area contributed by atoms with Crippen LogP contribution in [0.4, 0.5) is 5.69 Å². The number of carbonyl (C=O) groups is 1. The molecule has 2 aromatic rings. The largest absolute Gasteiger partial charge is 0.457 e. The summed E-state index contributed by atoms with van der Waals surface area (Å²) >= 11 is 6.11. The summed E-state index contributed by atoms with van der Waals surface area (Å²) in [5.74, 6) is 0.374. The zero-order valence-electron chi connectivity index (χ0n) is 11.2. The third-order valence-corrected chi connectivity index (χ3v) is 3.50. The molecule has 104 valence electrons. The van der Waals surface area contributed by atoms with Crippen LogP contribution in [0.5, 0.6) is 11.5 Å². The first kappa shape index (κ1) is 14.2. The first-order valence-corrected chi connectivity index (χ1v) is 6.40. The second-order valence-corrected chi connectivity index (χ2v) is 4.97. The van der Waals surface area contributed by atoms with Crippen LogP contribution in [0.2, 0.25) is 5.02 Å². The maximum atomic E-state index is 11.4. The van der Waals surface area contributed by atoms with Gasteiger partial charge in [0, 0.05) is 10.7 Å². The molecule has 0 bridgehead atoms. The van der Waals surface area contributed by atoms with Crippen LogP contribution in [0.3, 0.4) is 0 Å². The van der Waals surface area contributed by atoms with E-state index in [2.05, 4.69) is 0 Å². The topological polar surface area (TPSA) is 78.3 Å². The van der Waals surface area contributed by atoms with E-state index < -0.39 is 5.91 Å². The fourth-order valence-electron chi connectivity index (χ4n) is 1.92. The zero-order valence-corrected chi connectivity index (χ0v) is 12.0. The Morgan fingerprint density at radius 1 is 1.15 bits per heavy atom. The number of rotatable bonds is 3. The van der Waals surface area contributed by atoms with E-state index in [0.717, 1.165) is 11.1 Å². The van der Waals surface area contributed by atoms with Crippen molar-refractivity contribution in [3.05, 3.63) is 52.0 Å². The van der Waals surface area contributed by atoms with Gasteiger partial charge in [0.15, 0.2) is 0 Å². The third-order valence-electron chi connectivity index (χ3n) is 2.91. The van der Waals surface area contributed by atoms with E-state index in [0.29, 0.717) is 22.2 Å².